The average Bonchev–Trinajstić information content (AvgIpc) is 2.52. The summed E-state index contributed by atoms with van der Waals surface area (Å²) in [6.07, 6.45) is 0. The van der Waals surface area contributed by atoms with Crippen LogP contribution in [-0.2, 0) is 11.3 Å². The first-order valence-corrected chi connectivity index (χ1v) is 5.33. The zero-order valence-electron chi connectivity index (χ0n) is 9.73. The molecule has 0 saturated heterocycles. The summed E-state index contributed by atoms with van der Waals surface area (Å²) in [5.41, 5.74) is 2.11. The summed E-state index contributed by atoms with van der Waals surface area (Å²) in [4.78, 5) is 22.5. The molecule has 2 aromatic rings. The maximum atomic E-state index is 11.6. The van der Waals surface area contributed by atoms with Crippen LogP contribution >= 0.6 is 0 Å². The van der Waals surface area contributed by atoms with E-state index >= 15 is 0 Å². The lowest BCUT2D eigenvalue weighted by Gasteiger charge is -2.04. The van der Waals surface area contributed by atoms with Crippen LogP contribution in [0.15, 0.2) is 24.3 Å². The highest BCUT2D eigenvalue weighted by Crippen LogP contribution is 2.26. The second kappa shape index (κ2) is 4.05. The molecule has 0 bridgehead atoms. The number of nitrogens with zero attached hydrogens (tertiary/aromatic N) is 1. The van der Waals surface area contributed by atoms with Gasteiger partial charge in [-0.3, -0.25) is 9.59 Å². The summed E-state index contributed by atoms with van der Waals surface area (Å²) < 4.78 is 1.66. The molecule has 1 aromatic heterocycles. The molecule has 2 rings (SSSR count). The number of para-hydroxylation sites is 1. The second-order valence-corrected chi connectivity index (χ2v) is 4.01. The Morgan fingerprint density at radius 2 is 1.94 bits per heavy atom. The predicted molar refractivity (Wildman–Crippen MR) is 64.3 cm³/mol. The first-order valence-electron chi connectivity index (χ1n) is 5.33. The van der Waals surface area contributed by atoms with E-state index in [0.29, 0.717) is 11.3 Å². The van der Waals surface area contributed by atoms with Crippen LogP contribution in [0.4, 0.5) is 0 Å². The lowest BCUT2D eigenvalue weighted by atomic mass is 10.1. The number of carboxylic acid groups (broad SMARTS) is 1. The van der Waals surface area contributed by atoms with Crippen molar-refractivity contribution >= 4 is 22.7 Å². The van der Waals surface area contributed by atoms with Crippen molar-refractivity contribution in [1.29, 1.82) is 0 Å². The van der Waals surface area contributed by atoms with Crippen LogP contribution < -0.4 is 0 Å². The number of ketones is 1. The van der Waals surface area contributed by atoms with Crippen molar-refractivity contribution in [2.45, 2.75) is 20.4 Å². The quantitative estimate of drug-likeness (QED) is 0.824. The summed E-state index contributed by atoms with van der Waals surface area (Å²) in [6.45, 7) is 3.15. The van der Waals surface area contributed by atoms with Gasteiger partial charge in [0.15, 0.2) is 5.78 Å². The molecule has 4 nitrogen and oxygen atoms in total. The van der Waals surface area contributed by atoms with E-state index in [2.05, 4.69) is 0 Å². The molecule has 0 spiro atoms. The molecular weight excluding hydrogens is 218 g/mol. The molecule has 0 fully saturated rings. The van der Waals surface area contributed by atoms with Gasteiger partial charge in [0.25, 0.3) is 0 Å². The summed E-state index contributed by atoms with van der Waals surface area (Å²) >= 11 is 0. The molecule has 0 radical (unpaired) electrons. The number of hydrogen-bond acceptors (Lipinski definition) is 2. The number of carboxylic acids is 1. The molecule has 4 heteroatoms. The molecule has 0 atom stereocenters. The first-order chi connectivity index (χ1) is 8.02. The van der Waals surface area contributed by atoms with Crippen LogP contribution in [-0.4, -0.2) is 21.4 Å². The van der Waals surface area contributed by atoms with Crippen molar-refractivity contribution in [1.82, 2.24) is 4.57 Å². The van der Waals surface area contributed by atoms with E-state index in [1.54, 1.807) is 11.5 Å². The van der Waals surface area contributed by atoms with E-state index in [9.17, 15) is 9.59 Å². The number of benzene rings is 1. The molecule has 0 saturated carbocycles. The van der Waals surface area contributed by atoms with E-state index < -0.39 is 5.97 Å². The highest BCUT2D eigenvalue weighted by molar-refractivity contribution is 6.08. The summed E-state index contributed by atoms with van der Waals surface area (Å²) in [7, 11) is 0. The standard InChI is InChI=1S/C13H13NO3/c1-8-13(9(2)15)10-5-3-4-6-11(10)14(8)7-12(16)17/h3-6H,7H2,1-2H3,(H,16,17). The van der Waals surface area contributed by atoms with Gasteiger partial charge in [-0.25, -0.2) is 0 Å². The van der Waals surface area contributed by atoms with Gasteiger partial charge in [-0.1, -0.05) is 18.2 Å². The summed E-state index contributed by atoms with van der Waals surface area (Å²) in [5, 5.41) is 9.71. The monoisotopic (exact) mass is 231 g/mol. The Hall–Kier alpha value is -2.10. The fourth-order valence-corrected chi connectivity index (χ4v) is 2.21. The fourth-order valence-electron chi connectivity index (χ4n) is 2.21. The zero-order valence-corrected chi connectivity index (χ0v) is 9.73. The van der Waals surface area contributed by atoms with Crippen molar-refractivity contribution in [3.8, 4) is 0 Å². The van der Waals surface area contributed by atoms with Gasteiger partial charge >= 0.3 is 5.97 Å². The van der Waals surface area contributed by atoms with E-state index in [1.807, 2.05) is 24.3 Å². The molecule has 1 aromatic carbocycles. The highest BCUT2D eigenvalue weighted by atomic mass is 16.4. The van der Waals surface area contributed by atoms with E-state index in [-0.39, 0.29) is 12.3 Å². The van der Waals surface area contributed by atoms with Crippen molar-refractivity contribution in [2.75, 3.05) is 0 Å². The Labute approximate surface area is 98.5 Å². The van der Waals surface area contributed by atoms with Crippen molar-refractivity contribution < 1.29 is 14.7 Å². The zero-order chi connectivity index (χ0) is 12.6. The van der Waals surface area contributed by atoms with Crippen LogP contribution in [0.2, 0.25) is 0 Å². The molecule has 1 heterocycles. The van der Waals surface area contributed by atoms with E-state index in [4.69, 9.17) is 5.11 Å². The number of rotatable bonds is 3. The number of aliphatic carboxylic acids is 1. The third-order valence-electron chi connectivity index (χ3n) is 2.88. The van der Waals surface area contributed by atoms with Gasteiger partial charge in [-0.15, -0.1) is 0 Å². The largest absolute Gasteiger partial charge is 0.480 e. The third kappa shape index (κ3) is 1.82. The van der Waals surface area contributed by atoms with Crippen LogP contribution in [0.5, 0.6) is 0 Å². The van der Waals surface area contributed by atoms with Gasteiger partial charge < -0.3 is 9.67 Å². The summed E-state index contributed by atoms with van der Waals surface area (Å²) in [6, 6.07) is 7.36. The van der Waals surface area contributed by atoms with Gasteiger partial charge in [0.2, 0.25) is 0 Å². The molecule has 0 aliphatic carbocycles. The summed E-state index contributed by atoms with van der Waals surface area (Å²) in [5.74, 6) is -0.952. The van der Waals surface area contributed by atoms with Gasteiger partial charge in [-0.2, -0.15) is 0 Å². The molecule has 1 N–H and O–H groups in total. The van der Waals surface area contributed by atoms with Crippen molar-refractivity contribution in [3.63, 3.8) is 0 Å². The Morgan fingerprint density at radius 1 is 1.29 bits per heavy atom. The van der Waals surface area contributed by atoms with Crippen LogP contribution in [0.3, 0.4) is 0 Å². The van der Waals surface area contributed by atoms with Crippen molar-refractivity contribution in [3.05, 3.63) is 35.5 Å². The molecule has 0 aliphatic heterocycles. The maximum Gasteiger partial charge on any atom is 0.323 e. The molecule has 0 aliphatic rings. The minimum atomic E-state index is -0.913. The van der Waals surface area contributed by atoms with Crippen LogP contribution in [0, 0.1) is 6.92 Å². The van der Waals surface area contributed by atoms with Crippen LogP contribution in [0.1, 0.15) is 23.0 Å². The smallest absolute Gasteiger partial charge is 0.323 e. The number of carbonyl (C=O) groups is 2. The average molecular weight is 231 g/mol. The molecule has 0 amide bonds. The minimum absolute atomic E-state index is 0.0390. The van der Waals surface area contributed by atoms with Gasteiger partial charge in [0.1, 0.15) is 6.54 Å². The van der Waals surface area contributed by atoms with Crippen molar-refractivity contribution in [2.24, 2.45) is 0 Å². The molecule has 0 unspecified atom stereocenters. The topological polar surface area (TPSA) is 59.3 Å². The Kier molecular flexibility index (Phi) is 2.71. The number of aromatic nitrogens is 1. The van der Waals surface area contributed by atoms with E-state index in [1.165, 1.54) is 6.92 Å². The Balaban J connectivity index is 2.79. The second-order valence-electron chi connectivity index (χ2n) is 4.01. The maximum absolute atomic E-state index is 11.6. The van der Waals surface area contributed by atoms with Gasteiger partial charge in [0.05, 0.1) is 0 Å². The minimum Gasteiger partial charge on any atom is -0.480 e. The van der Waals surface area contributed by atoms with E-state index in [0.717, 1.165) is 10.9 Å². The third-order valence-corrected chi connectivity index (χ3v) is 2.88. The highest BCUT2D eigenvalue weighted by Gasteiger charge is 2.17. The normalized spacial score (nSPS) is 10.7. The lowest BCUT2D eigenvalue weighted by Crippen LogP contribution is -2.10. The van der Waals surface area contributed by atoms with Crippen LogP contribution in [0.25, 0.3) is 10.9 Å². The number of hydrogen-bond donors (Lipinski definition) is 1. The number of Topliss-reactive ketones (excluding diaryl/α,β-unsaturated/α-hetero) is 1. The molecular formula is C13H13NO3. The lowest BCUT2D eigenvalue weighted by molar-refractivity contribution is -0.137. The molecule has 88 valence electrons. The van der Waals surface area contributed by atoms with Gasteiger partial charge in [-0.05, 0) is 19.9 Å². The SMILES string of the molecule is CC(=O)c1c(C)n(CC(=O)O)c2ccccc12. The Morgan fingerprint density at radius 3 is 2.53 bits per heavy atom. The predicted octanol–water partition coefficient (Wildman–Crippen LogP) is 2.24. The Bertz CT molecular complexity index is 610. The number of carbonyl (C=O) groups excluding carboxylic acids is 1. The molecule has 17 heavy (non-hydrogen) atoms. The first kappa shape index (κ1) is 11.4. The number of fused-ring (bicyclic) bond motifs is 1. The fraction of sp³-hybridized carbons (Fsp3) is 0.231. The van der Waals surface area contributed by atoms with Gasteiger partial charge in [0, 0.05) is 22.2 Å².